The highest BCUT2D eigenvalue weighted by Gasteiger charge is 2.29. The molecule has 0 bridgehead atoms. The third kappa shape index (κ3) is 6.03. The fraction of sp³-hybridized carbons (Fsp3) is 1.00. The lowest BCUT2D eigenvalue weighted by Gasteiger charge is -2.19. The topological polar surface area (TPSA) is 12.0 Å². The Morgan fingerprint density at radius 2 is 1.87 bits per heavy atom. The lowest BCUT2D eigenvalue weighted by molar-refractivity contribution is -0.135. The summed E-state index contributed by atoms with van der Waals surface area (Å²) < 4.78 is 35.7. The minimum absolute atomic E-state index is 0.197. The van der Waals surface area contributed by atoms with Gasteiger partial charge >= 0.3 is 6.18 Å². The van der Waals surface area contributed by atoms with Gasteiger partial charge in [-0.05, 0) is 45.4 Å². The van der Waals surface area contributed by atoms with Crippen LogP contribution in [0.15, 0.2) is 0 Å². The van der Waals surface area contributed by atoms with Crippen LogP contribution < -0.4 is 5.32 Å². The second-order valence-electron chi connectivity index (χ2n) is 4.70. The van der Waals surface area contributed by atoms with Crippen LogP contribution in [0.1, 0.15) is 46.0 Å². The quantitative estimate of drug-likeness (QED) is 0.726. The van der Waals surface area contributed by atoms with Crippen molar-refractivity contribution in [3.8, 4) is 0 Å². The molecule has 1 aliphatic carbocycles. The Morgan fingerprint density at radius 3 is 2.33 bits per heavy atom. The van der Waals surface area contributed by atoms with Crippen molar-refractivity contribution in [2.24, 2.45) is 5.92 Å². The number of nitrogens with one attached hydrogen (secondary N) is 1. The summed E-state index contributed by atoms with van der Waals surface area (Å²) in [5, 5.41) is 3.36. The lowest BCUT2D eigenvalue weighted by atomic mass is 10.1. The van der Waals surface area contributed by atoms with E-state index in [0.29, 0.717) is 12.5 Å². The van der Waals surface area contributed by atoms with Crippen LogP contribution in [0.3, 0.4) is 0 Å². The molecule has 1 aliphatic rings. The van der Waals surface area contributed by atoms with Crippen molar-refractivity contribution in [2.75, 3.05) is 0 Å². The molecule has 1 saturated carbocycles. The molecule has 0 aromatic heterocycles. The molecule has 0 aromatic carbocycles. The minimum atomic E-state index is -4.00. The largest absolute Gasteiger partial charge is 0.389 e. The van der Waals surface area contributed by atoms with Gasteiger partial charge in [-0.3, -0.25) is 0 Å². The number of halogens is 3. The highest BCUT2D eigenvalue weighted by atomic mass is 19.4. The normalized spacial score (nSPS) is 21.4. The van der Waals surface area contributed by atoms with Gasteiger partial charge in [0.1, 0.15) is 0 Å². The number of hydrogen-bond donors (Lipinski definition) is 1. The van der Waals surface area contributed by atoms with E-state index in [1.165, 1.54) is 12.8 Å². The number of rotatable bonds is 6. The fourth-order valence-electron chi connectivity index (χ4n) is 1.87. The highest BCUT2D eigenvalue weighted by molar-refractivity contribution is 4.84. The zero-order chi connectivity index (χ0) is 11.5. The SMILES string of the molecule is CC(CCCC(F)(F)F)NC(C)C1CC1. The van der Waals surface area contributed by atoms with Crippen LogP contribution in [0, 0.1) is 5.92 Å². The predicted molar refractivity (Wildman–Crippen MR) is 54.7 cm³/mol. The van der Waals surface area contributed by atoms with Gasteiger partial charge in [-0.1, -0.05) is 0 Å². The molecule has 0 saturated heterocycles. The second kappa shape index (κ2) is 5.19. The Hall–Kier alpha value is -0.250. The Kier molecular flexibility index (Phi) is 4.44. The maximum atomic E-state index is 11.9. The lowest BCUT2D eigenvalue weighted by Crippen LogP contribution is -2.35. The Labute approximate surface area is 89.4 Å². The smallest absolute Gasteiger partial charge is 0.312 e. The molecule has 0 aromatic rings. The standard InChI is InChI=1S/C11H20F3N/c1-8(4-3-7-11(12,13)14)15-9(2)10-5-6-10/h8-10,15H,3-7H2,1-2H3. The highest BCUT2D eigenvalue weighted by Crippen LogP contribution is 2.32. The second-order valence-corrected chi connectivity index (χ2v) is 4.70. The van der Waals surface area contributed by atoms with Gasteiger partial charge in [0.05, 0.1) is 0 Å². The van der Waals surface area contributed by atoms with E-state index in [1.807, 2.05) is 6.92 Å². The van der Waals surface area contributed by atoms with E-state index >= 15 is 0 Å². The van der Waals surface area contributed by atoms with Crippen LogP contribution in [0.25, 0.3) is 0 Å². The van der Waals surface area contributed by atoms with E-state index in [0.717, 1.165) is 5.92 Å². The molecule has 1 N–H and O–H groups in total. The van der Waals surface area contributed by atoms with Gasteiger partial charge in [0.15, 0.2) is 0 Å². The molecule has 90 valence electrons. The first-order valence-corrected chi connectivity index (χ1v) is 5.71. The zero-order valence-corrected chi connectivity index (χ0v) is 9.40. The van der Waals surface area contributed by atoms with Crippen LogP contribution in [0.4, 0.5) is 13.2 Å². The van der Waals surface area contributed by atoms with E-state index < -0.39 is 12.6 Å². The molecular formula is C11H20F3N. The molecule has 0 spiro atoms. The monoisotopic (exact) mass is 223 g/mol. The van der Waals surface area contributed by atoms with Crippen molar-refractivity contribution in [3.63, 3.8) is 0 Å². The average molecular weight is 223 g/mol. The molecule has 15 heavy (non-hydrogen) atoms. The Balaban J connectivity index is 2.05. The fourth-order valence-corrected chi connectivity index (χ4v) is 1.87. The van der Waals surface area contributed by atoms with Crippen molar-refractivity contribution in [1.82, 2.24) is 5.32 Å². The molecule has 1 nitrogen and oxygen atoms in total. The summed E-state index contributed by atoms with van der Waals surface area (Å²) >= 11 is 0. The van der Waals surface area contributed by atoms with Gasteiger partial charge < -0.3 is 5.32 Å². The van der Waals surface area contributed by atoms with Gasteiger partial charge in [-0.15, -0.1) is 0 Å². The van der Waals surface area contributed by atoms with Crippen molar-refractivity contribution < 1.29 is 13.2 Å². The van der Waals surface area contributed by atoms with Crippen LogP contribution >= 0.6 is 0 Å². The summed E-state index contributed by atoms with van der Waals surface area (Å²) in [6.07, 6.45) is -1.28. The molecule has 4 heteroatoms. The molecule has 1 rings (SSSR count). The van der Waals surface area contributed by atoms with Gasteiger partial charge in [0, 0.05) is 18.5 Å². The third-order valence-electron chi connectivity index (χ3n) is 2.97. The molecule has 0 amide bonds. The first-order chi connectivity index (χ1) is 6.88. The first kappa shape index (κ1) is 12.8. The van der Waals surface area contributed by atoms with E-state index in [4.69, 9.17) is 0 Å². The van der Waals surface area contributed by atoms with Gasteiger partial charge in [0.25, 0.3) is 0 Å². The summed E-state index contributed by atoms with van der Waals surface area (Å²) in [7, 11) is 0. The van der Waals surface area contributed by atoms with Crippen LogP contribution in [-0.2, 0) is 0 Å². The van der Waals surface area contributed by atoms with Gasteiger partial charge in [0.2, 0.25) is 0 Å². The minimum Gasteiger partial charge on any atom is -0.312 e. The third-order valence-corrected chi connectivity index (χ3v) is 2.97. The van der Waals surface area contributed by atoms with Crippen molar-refractivity contribution in [3.05, 3.63) is 0 Å². The van der Waals surface area contributed by atoms with Gasteiger partial charge in [-0.25, -0.2) is 0 Å². The van der Waals surface area contributed by atoms with E-state index in [-0.39, 0.29) is 12.5 Å². The van der Waals surface area contributed by atoms with E-state index in [1.54, 1.807) is 0 Å². The molecule has 0 heterocycles. The Bertz CT molecular complexity index is 187. The maximum Gasteiger partial charge on any atom is 0.389 e. The summed E-state index contributed by atoms with van der Waals surface area (Å²) in [5.74, 6) is 0.759. The summed E-state index contributed by atoms with van der Waals surface area (Å²) in [6.45, 7) is 4.09. The molecule has 0 aliphatic heterocycles. The number of hydrogen-bond acceptors (Lipinski definition) is 1. The van der Waals surface area contributed by atoms with E-state index in [2.05, 4.69) is 12.2 Å². The molecule has 2 unspecified atom stereocenters. The van der Waals surface area contributed by atoms with Crippen molar-refractivity contribution in [1.29, 1.82) is 0 Å². The van der Waals surface area contributed by atoms with Gasteiger partial charge in [-0.2, -0.15) is 13.2 Å². The molecule has 1 fully saturated rings. The number of alkyl halides is 3. The summed E-state index contributed by atoms with van der Waals surface area (Å²) in [6, 6.07) is 0.661. The van der Waals surface area contributed by atoms with Crippen LogP contribution in [0.2, 0.25) is 0 Å². The van der Waals surface area contributed by atoms with Crippen LogP contribution in [-0.4, -0.2) is 18.3 Å². The predicted octanol–water partition coefficient (Wildman–Crippen LogP) is 3.50. The van der Waals surface area contributed by atoms with Crippen molar-refractivity contribution >= 4 is 0 Å². The zero-order valence-electron chi connectivity index (χ0n) is 9.40. The summed E-state index contributed by atoms with van der Waals surface area (Å²) in [4.78, 5) is 0. The molecular weight excluding hydrogens is 203 g/mol. The maximum absolute atomic E-state index is 11.9. The average Bonchev–Trinajstić information content (AvgIpc) is 2.82. The van der Waals surface area contributed by atoms with Crippen LogP contribution in [0.5, 0.6) is 0 Å². The Morgan fingerprint density at radius 1 is 1.27 bits per heavy atom. The summed E-state index contributed by atoms with van der Waals surface area (Å²) in [5.41, 5.74) is 0. The van der Waals surface area contributed by atoms with E-state index in [9.17, 15) is 13.2 Å². The molecule has 0 radical (unpaired) electrons. The first-order valence-electron chi connectivity index (χ1n) is 5.71. The molecule has 2 atom stereocenters. The van der Waals surface area contributed by atoms with Crippen molar-refractivity contribution in [2.45, 2.75) is 64.2 Å².